The van der Waals surface area contributed by atoms with Crippen molar-refractivity contribution < 1.29 is 28.2 Å². The molecule has 24 heavy (non-hydrogen) atoms. The number of aliphatic hydroxyl groups is 1. The molecule has 0 aliphatic carbocycles. The molecule has 0 aliphatic rings. The molecule has 0 bridgehead atoms. The summed E-state index contributed by atoms with van der Waals surface area (Å²) in [6, 6.07) is 5.93. The Morgan fingerprint density at radius 1 is 1.17 bits per heavy atom. The summed E-state index contributed by atoms with van der Waals surface area (Å²) in [4.78, 5) is 0. The Balaban J connectivity index is 2.24. The van der Waals surface area contributed by atoms with Crippen LogP contribution in [0.15, 0.2) is 18.2 Å². The first-order chi connectivity index (χ1) is 11.5. The van der Waals surface area contributed by atoms with E-state index >= 15 is 0 Å². The van der Waals surface area contributed by atoms with E-state index in [0.717, 1.165) is 12.0 Å². The molecule has 1 aromatic rings. The van der Waals surface area contributed by atoms with Crippen LogP contribution in [0.3, 0.4) is 0 Å². The monoisotopic (exact) mass is 359 g/mol. The number of phenolic OH excluding ortho intramolecular Hbond substituents is 1. The first-order valence-corrected chi connectivity index (χ1v) is 9.85. The van der Waals surface area contributed by atoms with Gasteiger partial charge in [0.05, 0.1) is 18.4 Å². The second-order valence-electron chi connectivity index (χ2n) is 5.48. The summed E-state index contributed by atoms with van der Waals surface area (Å²) >= 11 is 0. The van der Waals surface area contributed by atoms with E-state index in [-0.39, 0.29) is 12.4 Å². The van der Waals surface area contributed by atoms with Crippen LogP contribution in [-0.2, 0) is 18.0 Å². The first kappa shape index (κ1) is 20.9. The van der Waals surface area contributed by atoms with Gasteiger partial charge in [0.25, 0.3) is 0 Å². The van der Waals surface area contributed by atoms with Gasteiger partial charge in [0.15, 0.2) is 0 Å². The molecular weight excluding hydrogens is 330 g/mol. The molecule has 0 saturated carbocycles. The van der Waals surface area contributed by atoms with Crippen LogP contribution in [0.5, 0.6) is 5.75 Å². The van der Waals surface area contributed by atoms with Gasteiger partial charge in [-0.2, -0.15) is 0 Å². The van der Waals surface area contributed by atoms with Gasteiger partial charge in [-0.05, 0) is 25.0 Å². The number of anilines is 1. The molecule has 1 atom stereocenters. The standard InChI is InChI=1S/C16H29NO6Si/c1-13-7-5-8-15(19)16(13)17-11-14(18)12-23-9-6-10-24(20-2,21-3)22-4/h5,7-8,14,17-19H,6,9-12H2,1-4H3. The van der Waals surface area contributed by atoms with Crippen molar-refractivity contribution in [3.8, 4) is 5.75 Å². The number of aryl methyl sites for hydroxylation is 1. The average molecular weight is 359 g/mol. The zero-order valence-corrected chi connectivity index (χ0v) is 15.9. The highest BCUT2D eigenvalue weighted by Gasteiger charge is 2.36. The fraction of sp³-hybridized carbons (Fsp3) is 0.625. The maximum absolute atomic E-state index is 9.96. The van der Waals surface area contributed by atoms with E-state index < -0.39 is 14.9 Å². The predicted octanol–water partition coefficient (Wildman–Crippen LogP) is 1.76. The zero-order valence-electron chi connectivity index (χ0n) is 14.9. The summed E-state index contributed by atoms with van der Waals surface area (Å²) in [5.74, 6) is 0.170. The van der Waals surface area contributed by atoms with Crippen molar-refractivity contribution in [1.29, 1.82) is 0 Å². The molecule has 138 valence electrons. The van der Waals surface area contributed by atoms with Gasteiger partial charge in [-0.25, -0.2) is 0 Å². The number of benzene rings is 1. The van der Waals surface area contributed by atoms with Crippen LogP contribution in [-0.4, -0.2) is 66.2 Å². The molecule has 0 heterocycles. The van der Waals surface area contributed by atoms with Crippen LogP contribution in [0.2, 0.25) is 6.04 Å². The molecule has 0 aliphatic heterocycles. The molecule has 1 aromatic carbocycles. The summed E-state index contributed by atoms with van der Waals surface area (Å²) in [7, 11) is 2.19. The molecule has 0 aromatic heterocycles. The second-order valence-corrected chi connectivity index (χ2v) is 8.57. The number of aromatic hydroxyl groups is 1. The Morgan fingerprint density at radius 2 is 1.83 bits per heavy atom. The minimum absolute atomic E-state index is 0.170. The topological polar surface area (TPSA) is 89.4 Å². The molecule has 0 fully saturated rings. The van der Waals surface area contributed by atoms with E-state index in [1.807, 2.05) is 13.0 Å². The minimum Gasteiger partial charge on any atom is -0.506 e. The van der Waals surface area contributed by atoms with E-state index in [9.17, 15) is 10.2 Å². The lowest BCUT2D eigenvalue weighted by Crippen LogP contribution is -2.42. The highest BCUT2D eigenvalue weighted by molar-refractivity contribution is 6.60. The lowest BCUT2D eigenvalue weighted by Gasteiger charge is -2.24. The van der Waals surface area contributed by atoms with Crippen molar-refractivity contribution in [2.24, 2.45) is 0 Å². The highest BCUT2D eigenvalue weighted by Crippen LogP contribution is 2.26. The van der Waals surface area contributed by atoms with Crippen LogP contribution in [0.25, 0.3) is 0 Å². The second kappa shape index (κ2) is 10.6. The van der Waals surface area contributed by atoms with Gasteiger partial charge in [-0.15, -0.1) is 0 Å². The SMILES string of the molecule is CO[Si](CCCOCC(O)CNc1c(C)cccc1O)(OC)OC. The smallest absolute Gasteiger partial charge is 0.500 e. The van der Waals surface area contributed by atoms with E-state index in [1.165, 1.54) is 0 Å². The van der Waals surface area contributed by atoms with Gasteiger partial charge in [0, 0.05) is 40.5 Å². The number of nitrogens with one attached hydrogen (secondary N) is 1. The summed E-state index contributed by atoms with van der Waals surface area (Å²) in [5.41, 5.74) is 1.55. The van der Waals surface area contributed by atoms with E-state index in [2.05, 4.69) is 5.32 Å². The van der Waals surface area contributed by atoms with E-state index in [0.29, 0.717) is 24.9 Å². The molecule has 1 rings (SSSR count). The van der Waals surface area contributed by atoms with Crippen molar-refractivity contribution in [2.45, 2.75) is 25.5 Å². The van der Waals surface area contributed by atoms with E-state index in [4.69, 9.17) is 18.0 Å². The van der Waals surface area contributed by atoms with Crippen molar-refractivity contribution >= 4 is 14.5 Å². The van der Waals surface area contributed by atoms with Gasteiger partial charge in [0.1, 0.15) is 5.75 Å². The quantitative estimate of drug-likeness (QED) is 0.298. The Bertz CT molecular complexity index is 455. The molecule has 1 unspecified atom stereocenters. The Labute approximate surface area is 144 Å². The number of rotatable bonds is 12. The number of phenols is 1. The fourth-order valence-electron chi connectivity index (χ4n) is 2.33. The molecule has 0 spiro atoms. The fourth-order valence-corrected chi connectivity index (χ4v) is 4.02. The van der Waals surface area contributed by atoms with Crippen molar-refractivity contribution in [3.05, 3.63) is 23.8 Å². The van der Waals surface area contributed by atoms with Crippen LogP contribution in [0.4, 0.5) is 5.69 Å². The minimum atomic E-state index is -2.55. The summed E-state index contributed by atoms with van der Waals surface area (Å²) in [6.45, 7) is 2.88. The largest absolute Gasteiger partial charge is 0.506 e. The number of aliphatic hydroxyl groups excluding tert-OH is 1. The van der Waals surface area contributed by atoms with Crippen molar-refractivity contribution in [2.75, 3.05) is 46.4 Å². The number of para-hydroxylation sites is 1. The number of hydrogen-bond donors (Lipinski definition) is 3. The number of hydrogen-bond acceptors (Lipinski definition) is 7. The van der Waals surface area contributed by atoms with Gasteiger partial charge in [-0.1, -0.05) is 12.1 Å². The zero-order chi connectivity index (χ0) is 18.0. The number of ether oxygens (including phenoxy) is 1. The third kappa shape index (κ3) is 6.38. The molecule has 0 amide bonds. The van der Waals surface area contributed by atoms with Gasteiger partial charge >= 0.3 is 8.80 Å². The van der Waals surface area contributed by atoms with Crippen LogP contribution >= 0.6 is 0 Å². The highest BCUT2D eigenvalue weighted by atomic mass is 28.4. The third-order valence-electron chi connectivity index (χ3n) is 3.78. The third-order valence-corrected chi connectivity index (χ3v) is 6.61. The molecule has 0 saturated heterocycles. The first-order valence-electron chi connectivity index (χ1n) is 7.91. The lowest BCUT2D eigenvalue weighted by molar-refractivity contribution is 0.0412. The Morgan fingerprint density at radius 3 is 2.42 bits per heavy atom. The Hall–Kier alpha value is -1.16. The van der Waals surface area contributed by atoms with Crippen LogP contribution in [0.1, 0.15) is 12.0 Å². The van der Waals surface area contributed by atoms with Crippen LogP contribution in [0, 0.1) is 6.92 Å². The summed E-state index contributed by atoms with van der Waals surface area (Å²) in [5, 5.41) is 22.8. The summed E-state index contributed by atoms with van der Waals surface area (Å²) < 4.78 is 21.5. The summed E-state index contributed by atoms with van der Waals surface area (Å²) in [6.07, 6.45) is 0.0544. The van der Waals surface area contributed by atoms with Gasteiger partial charge < -0.3 is 33.5 Å². The van der Waals surface area contributed by atoms with Gasteiger partial charge in [0.2, 0.25) is 0 Å². The van der Waals surface area contributed by atoms with E-state index in [1.54, 1.807) is 33.5 Å². The Kier molecular flexibility index (Phi) is 9.27. The normalized spacial score (nSPS) is 13.0. The van der Waals surface area contributed by atoms with Gasteiger partial charge in [-0.3, -0.25) is 0 Å². The predicted molar refractivity (Wildman–Crippen MR) is 94.4 cm³/mol. The maximum atomic E-state index is 9.96. The molecule has 8 heteroatoms. The molecule has 3 N–H and O–H groups in total. The van der Waals surface area contributed by atoms with Crippen LogP contribution < -0.4 is 5.32 Å². The molecule has 0 radical (unpaired) electrons. The average Bonchev–Trinajstić information content (AvgIpc) is 2.58. The van der Waals surface area contributed by atoms with Crippen molar-refractivity contribution in [3.63, 3.8) is 0 Å². The molecular formula is C16H29NO6Si. The van der Waals surface area contributed by atoms with Crippen molar-refractivity contribution in [1.82, 2.24) is 0 Å². The molecule has 7 nitrogen and oxygen atoms in total. The lowest BCUT2D eigenvalue weighted by atomic mass is 10.2. The maximum Gasteiger partial charge on any atom is 0.500 e.